The molecule has 1 aliphatic rings. The normalized spacial score (nSPS) is 16.8. The summed E-state index contributed by atoms with van der Waals surface area (Å²) in [6.07, 6.45) is 9.36. The molecule has 0 aromatic carbocycles. The Morgan fingerprint density at radius 3 is 2.92 bits per heavy atom. The van der Waals surface area contributed by atoms with E-state index in [1.807, 2.05) is 6.20 Å². The highest BCUT2D eigenvalue weighted by atomic mass is 15.3. The van der Waals surface area contributed by atoms with Crippen LogP contribution in [0.2, 0.25) is 0 Å². The van der Waals surface area contributed by atoms with Crippen molar-refractivity contribution in [2.24, 2.45) is 5.92 Å². The third kappa shape index (κ3) is 2.33. The second kappa shape index (κ2) is 3.52. The SMILES string of the molecule is CC(C)CCc1cnn(C2CC2)c1. The highest BCUT2D eigenvalue weighted by Gasteiger charge is 2.23. The highest BCUT2D eigenvalue weighted by Crippen LogP contribution is 2.34. The van der Waals surface area contributed by atoms with Gasteiger partial charge in [0.15, 0.2) is 0 Å². The van der Waals surface area contributed by atoms with Crippen molar-refractivity contribution in [1.82, 2.24) is 9.78 Å². The lowest BCUT2D eigenvalue weighted by Crippen LogP contribution is -1.93. The largest absolute Gasteiger partial charge is 0.269 e. The maximum absolute atomic E-state index is 4.37. The van der Waals surface area contributed by atoms with Crippen molar-refractivity contribution < 1.29 is 0 Å². The van der Waals surface area contributed by atoms with Gasteiger partial charge in [-0.1, -0.05) is 13.8 Å². The third-order valence-electron chi connectivity index (χ3n) is 2.59. The van der Waals surface area contributed by atoms with Gasteiger partial charge in [0.2, 0.25) is 0 Å². The zero-order chi connectivity index (χ0) is 9.26. The van der Waals surface area contributed by atoms with Crippen LogP contribution in [0.4, 0.5) is 0 Å². The van der Waals surface area contributed by atoms with Crippen LogP contribution in [0.25, 0.3) is 0 Å². The topological polar surface area (TPSA) is 17.8 Å². The first-order valence-electron chi connectivity index (χ1n) is 5.28. The molecule has 0 saturated heterocycles. The van der Waals surface area contributed by atoms with Gasteiger partial charge in [0, 0.05) is 6.20 Å². The molecule has 1 saturated carbocycles. The number of hydrogen-bond acceptors (Lipinski definition) is 1. The minimum atomic E-state index is 0.729. The molecule has 1 heterocycles. The van der Waals surface area contributed by atoms with Gasteiger partial charge in [-0.3, -0.25) is 4.68 Å². The molecule has 72 valence electrons. The molecule has 1 aromatic rings. The molecule has 0 atom stereocenters. The molecule has 0 unspecified atom stereocenters. The van der Waals surface area contributed by atoms with Gasteiger partial charge in [0.05, 0.1) is 12.2 Å². The monoisotopic (exact) mass is 178 g/mol. The Hall–Kier alpha value is -0.790. The van der Waals surface area contributed by atoms with Crippen LogP contribution < -0.4 is 0 Å². The summed E-state index contributed by atoms with van der Waals surface area (Å²) >= 11 is 0. The Morgan fingerprint density at radius 1 is 1.54 bits per heavy atom. The average molecular weight is 178 g/mol. The lowest BCUT2D eigenvalue weighted by molar-refractivity contribution is 0.585. The van der Waals surface area contributed by atoms with Crippen LogP contribution >= 0.6 is 0 Å². The van der Waals surface area contributed by atoms with Gasteiger partial charge in [0.25, 0.3) is 0 Å². The van der Waals surface area contributed by atoms with Crippen LogP contribution in [0.1, 0.15) is 44.7 Å². The molecule has 2 nitrogen and oxygen atoms in total. The Balaban J connectivity index is 1.89. The fourth-order valence-corrected chi connectivity index (χ4v) is 1.50. The van der Waals surface area contributed by atoms with Crippen molar-refractivity contribution in [2.45, 2.75) is 45.6 Å². The number of aromatic nitrogens is 2. The van der Waals surface area contributed by atoms with Gasteiger partial charge in [-0.15, -0.1) is 0 Å². The van der Waals surface area contributed by atoms with Gasteiger partial charge >= 0.3 is 0 Å². The number of aryl methyl sites for hydroxylation is 1. The van der Waals surface area contributed by atoms with E-state index >= 15 is 0 Å². The Bertz CT molecular complexity index is 271. The summed E-state index contributed by atoms with van der Waals surface area (Å²) in [6, 6.07) is 0.729. The summed E-state index contributed by atoms with van der Waals surface area (Å²) in [5.41, 5.74) is 1.40. The summed E-state index contributed by atoms with van der Waals surface area (Å²) in [6.45, 7) is 4.54. The van der Waals surface area contributed by atoms with Gasteiger partial charge in [0.1, 0.15) is 0 Å². The molecule has 13 heavy (non-hydrogen) atoms. The quantitative estimate of drug-likeness (QED) is 0.693. The minimum absolute atomic E-state index is 0.729. The standard InChI is InChI=1S/C11H18N2/c1-9(2)3-4-10-7-12-13(8-10)11-5-6-11/h7-9,11H,3-6H2,1-2H3. The van der Waals surface area contributed by atoms with Crippen molar-refractivity contribution >= 4 is 0 Å². The number of nitrogens with zero attached hydrogens (tertiary/aromatic N) is 2. The molecule has 0 N–H and O–H groups in total. The molecule has 0 amide bonds. The van der Waals surface area contributed by atoms with Crippen LogP contribution in [-0.4, -0.2) is 9.78 Å². The molecule has 0 aliphatic heterocycles. The summed E-state index contributed by atoms with van der Waals surface area (Å²) in [4.78, 5) is 0. The summed E-state index contributed by atoms with van der Waals surface area (Å²) in [7, 11) is 0. The van der Waals surface area contributed by atoms with E-state index in [0.717, 1.165) is 12.0 Å². The van der Waals surface area contributed by atoms with E-state index in [1.165, 1.54) is 31.2 Å². The number of rotatable bonds is 4. The predicted molar refractivity (Wildman–Crippen MR) is 53.7 cm³/mol. The number of hydrogen-bond donors (Lipinski definition) is 0. The zero-order valence-corrected chi connectivity index (χ0v) is 8.53. The lowest BCUT2D eigenvalue weighted by Gasteiger charge is -2.00. The van der Waals surface area contributed by atoms with E-state index < -0.39 is 0 Å². The van der Waals surface area contributed by atoms with Crippen LogP contribution in [0, 0.1) is 5.92 Å². The van der Waals surface area contributed by atoms with E-state index in [0.29, 0.717) is 0 Å². The van der Waals surface area contributed by atoms with Crippen LogP contribution in [0.15, 0.2) is 12.4 Å². The smallest absolute Gasteiger partial charge is 0.0521 e. The Kier molecular flexibility index (Phi) is 2.38. The van der Waals surface area contributed by atoms with E-state index in [1.54, 1.807) is 0 Å². The van der Waals surface area contributed by atoms with Crippen molar-refractivity contribution in [2.75, 3.05) is 0 Å². The predicted octanol–water partition coefficient (Wildman–Crippen LogP) is 2.81. The van der Waals surface area contributed by atoms with Crippen molar-refractivity contribution in [3.05, 3.63) is 18.0 Å². The van der Waals surface area contributed by atoms with E-state index in [9.17, 15) is 0 Å². The first-order chi connectivity index (χ1) is 6.25. The molecule has 1 aliphatic carbocycles. The first kappa shape index (κ1) is 8.79. The van der Waals surface area contributed by atoms with Gasteiger partial charge < -0.3 is 0 Å². The summed E-state index contributed by atoms with van der Waals surface area (Å²) in [5.74, 6) is 0.796. The maximum Gasteiger partial charge on any atom is 0.0521 e. The first-order valence-corrected chi connectivity index (χ1v) is 5.28. The van der Waals surface area contributed by atoms with Gasteiger partial charge in [-0.05, 0) is 37.2 Å². The molecule has 1 fully saturated rings. The fourth-order valence-electron chi connectivity index (χ4n) is 1.50. The molecular formula is C11H18N2. The highest BCUT2D eigenvalue weighted by molar-refractivity contribution is 5.05. The summed E-state index contributed by atoms with van der Waals surface area (Å²) < 4.78 is 2.13. The summed E-state index contributed by atoms with van der Waals surface area (Å²) in [5, 5.41) is 4.37. The molecule has 0 bridgehead atoms. The second-order valence-corrected chi connectivity index (χ2v) is 4.49. The molecule has 1 aromatic heterocycles. The average Bonchev–Trinajstić information content (AvgIpc) is 2.83. The molecule has 0 radical (unpaired) electrons. The molecule has 0 spiro atoms. The van der Waals surface area contributed by atoms with Crippen LogP contribution in [-0.2, 0) is 6.42 Å². The van der Waals surface area contributed by atoms with Gasteiger partial charge in [-0.2, -0.15) is 5.10 Å². The van der Waals surface area contributed by atoms with E-state index in [4.69, 9.17) is 0 Å². The van der Waals surface area contributed by atoms with Crippen molar-refractivity contribution in [3.8, 4) is 0 Å². The molecular weight excluding hydrogens is 160 g/mol. The van der Waals surface area contributed by atoms with Gasteiger partial charge in [-0.25, -0.2) is 0 Å². The molecule has 2 rings (SSSR count). The second-order valence-electron chi connectivity index (χ2n) is 4.49. The van der Waals surface area contributed by atoms with Crippen LogP contribution in [0.5, 0.6) is 0 Å². The van der Waals surface area contributed by atoms with Crippen molar-refractivity contribution in [3.63, 3.8) is 0 Å². The fraction of sp³-hybridized carbons (Fsp3) is 0.727. The maximum atomic E-state index is 4.37. The van der Waals surface area contributed by atoms with Crippen LogP contribution in [0.3, 0.4) is 0 Å². The Labute approximate surface area is 80.0 Å². The van der Waals surface area contributed by atoms with E-state index in [2.05, 4.69) is 29.8 Å². The minimum Gasteiger partial charge on any atom is -0.269 e. The zero-order valence-electron chi connectivity index (χ0n) is 8.53. The lowest BCUT2D eigenvalue weighted by atomic mass is 10.1. The van der Waals surface area contributed by atoms with E-state index in [-0.39, 0.29) is 0 Å². The molecule has 2 heteroatoms. The Morgan fingerprint density at radius 2 is 2.31 bits per heavy atom. The third-order valence-corrected chi connectivity index (χ3v) is 2.59. The van der Waals surface area contributed by atoms with Crippen molar-refractivity contribution in [1.29, 1.82) is 0 Å².